The normalized spacial score (nSPS) is 11.4. The number of anilines is 3. The van der Waals surface area contributed by atoms with Gasteiger partial charge in [0.15, 0.2) is 23.0 Å². The first-order valence-corrected chi connectivity index (χ1v) is 13.0. The minimum atomic E-state index is -3.29. The largest absolute Gasteiger partial charge is 0.480 e. The number of benzene rings is 2. The van der Waals surface area contributed by atoms with Gasteiger partial charge in [0.25, 0.3) is 0 Å². The van der Waals surface area contributed by atoms with Crippen molar-refractivity contribution in [2.24, 2.45) is 0 Å². The summed E-state index contributed by atoms with van der Waals surface area (Å²) >= 11 is 0. The van der Waals surface area contributed by atoms with E-state index in [9.17, 15) is 22.4 Å². The molecule has 42 heavy (non-hydrogen) atoms. The van der Waals surface area contributed by atoms with E-state index in [2.05, 4.69) is 25.3 Å². The summed E-state index contributed by atoms with van der Waals surface area (Å²) in [5.41, 5.74) is 3.04. The van der Waals surface area contributed by atoms with Crippen LogP contribution in [0.2, 0.25) is 0 Å². The van der Waals surface area contributed by atoms with Crippen molar-refractivity contribution in [2.75, 3.05) is 50.5 Å². The number of rotatable bonds is 15. The molecule has 0 bridgehead atoms. The number of carboxylic acids is 1. The molecule has 4 aromatic rings. The molecule has 14 heteroatoms. The van der Waals surface area contributed by atoms with E-state index >= 15 is 0 Å². The molecular formula is C28H30F4N6O4. The third-order valence-corrected chi connectivity index (χ3v) is 6.30. The lowest BCUT2D eigenvalue weighted by molar-refractivity contribution is -0.138. The van der Waals surface area contributed by atoms with Crippen LogP contribution in [-0.2, 0) is 16.0 Å². The number of alkyl halides is 2. The zero-order valence-corrected chi connectivity index (χ0v) is 22.9. The molecule has 0 fully saturated rings. The Balaban J connectivity index is 1.43. The number of ether oxygens (including phenoxy) is 2. The van der Waals surface area contributed by atoms with Crippen molar-refractivity contribution >= 4 is 28.8 Å². The summed E-state index contributed by atoms with van der Waals surface area (Å²) in [6, 6.07) is 7.81. The maximum atomic E-state index is 14.8. The van der Waals surface area contributed by atoms with Crippen LogP contribution in [0.25, 0.3) is 16.9 Å². The van der Waals surface area contributed by atoms with Gasteiger partial charge in [0.05, 0.1) is 31.6 Å². The number of fused-ring (bicyclic) bond motifs is 1. The first-order chi connectivity index (χ1) is 20.2. The highest BCUT2D eigenvalue weighted by Crippen LogP contribution is 2.32. The molecule has 0 unspecified atom stereocenters. The molecule has 224 valence electrons. The van der Waals surface area contributed by atoms with E-state index < -0.39 is 30.0 Å². The highest BCUT2D eigenvalue weighted by Gasteiger charge is 2.21. The van der Waals surface area contributed by atoms with Crippen molar-refractivity contribution in [1.82, 2.24) is 19.3 Å². The van der Waals surface area contributed by atoms with Gasteiger partial charge in [-0.15, -0.1) is 0 Å². The lowest BCUT2D eigenvalue weighted by Gasteiger charge is -2.15. The second-order valence-corrected chi connectivity index (χ2v) is 9.25. The van der Waals surface area contributed by atoms with E-state index in [1.165, 1.54) is 23.0 Å². The number of halogens is 4. The molecule has 0 aliphatic carbocycles. The van der Waals surface area contributed by atoms with Crippen molar-refractivity contribution in [3.8, 4) is 17.0 Å². The van der Waals surface area contributed by atoms with Gasteiger partial charge in [0, 0.05) is 42.4 Å². The third-order valence-electron chi connectivity index (χ3n) is 6.30. The average Bonchev–Trinajstić information content (AvgIpc) is 3.38. The molecule has 0 atom stereocenters. The Labute approximate surface area is 238 Å². The predicted octanol–water partition coefficient (Wildman–Crippen LogP) is 5.03. The number of hydrogen-bond donors (Lipinski definition) is 3. The topological polar surface area (TPSA) is 113 Å². The first-order valence-electron chi connectivity index (χ1n) is 13.0. The van der Waals surface area contributed by atoms with Crippen molar-refractivity contribution in [2.45, 2.75) is 20.0 Å². The van der Waals surface area contributed by atoms with Gasteiger partial charge in [-0.25, -0.2) is 14.4 Å². The summed E-state index contributed by atoms with van der Waals surface area (Å²) in [6.07, 6.45) is 5.07. The summed E-state index contributed by atoms with van der Waals surface area (Å²) in [4.78, 5) is 21.0. The molecule has 0 amide bonds. The minimum absolute atomic E-state index is 0.0403. The second kappa shape index (κ2) is 14.0. The summed E-state index contributed by atoms with van der Waals surface area (Å²) in [5, 5.41) is 15.3. The molecule has 0 aliphatic rings. The van der Waals surface area contributed by atoms with Crippen LogP contribution in [0.4, 0.5) is 34.8 Å². The average molecular weight is 591 g/mol. The Kier molecular flexibility index (Phi) is 10.1. The number of imidazole rings is 1. The Bertz CT molecular complexity index is 1530. The zero-order valence-electron chi connectivity index (χ0n) is 22.9. The van der Waals surface area contributed by atoms with Crippen LogP contribution in [-0.4, -0.2) is 76.9 Å². The number of aryl methyl sites for hydroxylation is 1. The van der Waals surface area contributed by atoms with Gasteiger partial charge in [-0.2, -0.15) is 13.2 Å². The molecule has 0 saturated carbocycles. The number of likely N-dealkylation sites (N-methyl/N-ethyl adjacent to an activating group) is 1. The minimum Gasteiger partial charge on any atom is -0.480 e. The Hall–Kier alpha value is -4.43. The van der Waals surface area contributed by atoms with E-state index in [1.54, 1.807) is 11.9 Å². The lowest BCUT2D eigenvalue weighted by atomic mass is 10.1. The molecule has 0 aliphatic heterocycles. The molecule has 0 spiro atoms. The molecule has 0 saturated heterocycles. The molecule has 2 aromatic carbocycles. The van der Waals surface area contributed by atoms with Crippen LogP contribution >= 0.6 is 0 Å². The fourth-order valence-corrected chi connectivity index (χ4v) is 4.29. The summed E-state index contributed by atoms with van der Waals surface area (Å²) in [5.74, 6) is -4.27. The SMILES string of the molecule is CCc1cc(Nc2nccn3c(-c4ccc(OC(F)F)c(F)c4F)cnc23)ccc1NCCOCCN(C)CC(=O)O. The molecule has 2 heterocycles. The Morgan fingerprint density at radius 2 is 1.95 bits per heavy atom. The van der Waals surface area contributed by atoms with Gasteiger partial charge in [-0.3, -0.25) is 14.1 Å². The van der Waals surface area contributed by atoms with Crippen LogP contribution in [0, 0.1) is 11.6 Å². The van der Waals surface area contributed by atoms with Gasteiger partial charge in [0.2, 0.25) is 5.82 Å². The van der Waals surface area contributed by atoms with E-state index in [0.717, 1.165) is 35.5 Å². The molecule has 2 aromatic heterocycles. The first kappa shape index (κ1) is 30.5. The van der Waals surface area contributed by atoms with E-state index in [-0.39, 0.29) is 17.8 Å². The number of carboxylic acid groups (broad SMARTS) is 1. The van der Waals surface area contributed by atoms with E-state index in [1.807, 2.05) is 25.1 Å². The molecule has 0 radical (unpaired) electrons. The fourth-order valence-electron chi connectivity index (χ4n) is 4.29. The zero-order chi connectivity index (χ0) is 30.2. The summed E-state index contributed by atoms with van der Waals surface area (Å²) in [6.45, 7) is 0.634. The highest BCUT2D eigenvalue weighted by molar-refractivity contribution is 5.75. The Morgan fingerprint density at radius 3 is 2.69 bits per heavy atom. The van der Waals surface area contributed by atoms with Crippen molar-refractivity contribution in [3.05, 3.63) is 66.1 Å². The number of aliphatic carboxylic acids is 1. The van der Waals surface area contributed by atoms with Crippen LogP contribution in [0.3, 0.4) is 0 Å². The van der Waals surface area contributed by atoms with Crippen molar-refractivity contribution in [1.29, 1.82) is 0 Å². The maximum absolute atomic E-state index is 14.8. The molecule has 3 N–H and O–H groups in total. The number of hydrogen-bond acceptors (Lipinski definition) is 8. The summed E-state index contributed by atoms with van der Waals surface area (Å²) < 4.78 is 65.3. The van der Waals surface area contributed by atoms with Crippen LogP contribution in [0.15, 0.2) is 48.9 Å². The quantitative estimate of drug-likeness (QED) is 0.130. The van der Waals surface area contributed by atoms with Crippen molar-refractivity contribution < 1.29 is 36.9 Å². The van der Waals surface area contributed by atoms with Crippen LogP contribution < -0.4 is 15.4 Å². The highest BCUT2D eigenvalue weighted by atomic mass is 19.3. The monoisotopic (exact) mass is 590 g/mol. The smallest absolute Gasteiger partial charge is 0.387 e. The number of nitrogens with zero attached hydrogens (tertiary/aromatic N) is 4. The van der Waals surface area contributed by atoms with E-state index in [0.29, 0.717) is 37.8 Å². The van der Waals surface area contributed by atoms with Gasteiger partial charge in [0.1, 0.15) is 0 Å². The van der Waals surface area contributed by atoms with E-state index in [4.69, 9.17) is 9.84 Å². The fraction of sp³-hybridized carbons (Fsp3) is 0.321. The Morgan fingerprint density at radius 1 is 1.14 bits per heavy atom. The van der Waals surface area contributed by atoms with Gasteiger partial charge < -0.3 is 25.2 Å². The second-order valence-electron chi connectivity index (χ2n) is 9.25. The number of aromatic nitrogens is 3. The maximum Gasteiger partial charge on any atom is 0.387 e. The van der Waals surface area contributed by atoms with Crippen molar-refractivity contribution in [3.63, 3.8) is 0 Å². The molecule has 10 nitrogen and oxygen atoms in total. The lowest BCUT2D eigenvalue weighted by Crippen LogP contribution is -2.29. The molecule has 4 rings (SSSR count). The van der Waals surface area contributed by atoms with Gasteiger partial charge in [-0.05, 0) is 49.4 Å². The third kappa shape index (κ3) is 7.44. The van der Waals surface area contributed by atoms with Gasteiger partial charge in [-0.1, -0.05) is 6.92 Å². The molecular weight excluding hydrogens is 560 g/mol. The predicted molar refractivity (Wildman–Crippen MR) is 149 cm³/mol. The van der Waals surface area contributed by atoms with Crippen LogP contribution in [0.5, 0.6) is 5.75 Å². The summed E-state index contributed by atoms with van der Waals surface area (Å²) in [7, 11) is 1.72. The van der Waals surface area contributed by atoms with Crippen LogP contribution in [0.1, 0.15) is 12.5 Å². The number of nitrogens with one attached hydrogen (secondary N) is 2. The number of carbonyl (C=O) groups is 1. The standard InChI is InChI=1S/C28H30F4N6O4/c1-3-17-14-18(4-6-20(17)33-9-12-41-13-11-37(2)16-23(39)40)36-26-27-35-15-21(38(27)10-8-34-26)19-5-7-22(42-28(31)32)25(30)24(19)29/h4-8,10,14-15,28,33H,3,9,11-13,16H2,1-2H3,(H,34,36)(H,39,40). The van der Waals surface area contributed by atoms with Gasteiger partial charge >= 0.3 is 12.6 Å².